The average Bonchev–Trinajstić information content (AvgIpc) is 2.95. The number of rotatable bonds is 4. The van der Waals surface area contributed by atoms with Crippen molar-refractivity contribution >= 4 is 34.6 Å². The van der Waals surface area contributed by atoms with E-state index >= 15 is 0 Å². The monoisotopic (exact) mass is 311 g/mol. The summed E-state index contributed by atoms with van der Waals surface area (Å²) in [6.07, 6.45) is 3.11. The van der Waals surface area contributed by atoms with Gasteiger partial charge in [0.15, 0.2) is 0 Å². The summed E-state index contributed by atoms with van der Waals surface area (Å²) in [5, 5.41) is 4.45. The van der Waals surface area contributed by atoms with Gasteiger partial charge in [-0.15, -0.1) is 0 Å². The van der Waals surface area contributed by atoms with E-state index in [9.17, 15) is 4.79 Å². The average molecular weight is 312 g/mol. The van der Waals surface area contributed by atoms with Crippen molar-refractivity contribution in [1.82, 2.24) is 5.32 Å². The third-order valence-corrected chi connectivity index (χ3v) is 3.62. The zero-order valence-electron chi connectivity index (χ0n) is 11.8. The maximum absolute atomic E-state index is 11.8. The third kappa shape index (κ3) is 3.38. The molecule has 0 unspecified atom stereocenters. The SMILES string of the molecule is O=C(/C=C/c1cc2ccccc2o1)NCc1ccccc1Cl. The van der Waals surface area contributed by atoms with Gasteiger partial charge in [0.2, 0.25) is 5.91 Å². The summed E-state index contributed by atoms with van der Waals surface area (Å²) >= 11 is 6.04. The topological polar surface area (TPSA) is 42.2 Å². The van der Waals surface area contributed by atoms with Gasteiger partial charge in [0.05, 0.1) is 0 Å². The summed E-state index contributed by atoms with van der Waals surface area (Å²) in [6.45, 7) is 0.392. The van der Waals surface area contributed by atoms with Gasteiger partial charge in [0, 0.05) is 23.0 Å². The second kappa shape index (κ2) is 6.50. The van der Waals surface area contributed by atoms with Crippen LogP contribution in [0.4, 0.5) is 0 Å². The number of fused-ring (bicyclic) bond motifs is 1. The van der Waals surface area contributed by atoms with Crippen molar-refractivity contribution in [3.8, 4) is 0 Å². The van der Waals surface area contributed by atoms with Crippen LogP contribution in [0.3, 0.4) is 0 Å². The highest BCUT2D eigenvalue weighted by atomic mass is 35.5. The Kier molecular flexibility index (Phi) is 4.26. The predicted molar refractivity (Wildman–Crippen MR) is 88.5 cm³/mol. The largest absolute Gasteiger partial charge is 0.457 e. The first kappa shape index (κ1) is 14.4. The number of nitrogens with one attached hydrogen (secondary N) is 1. The Morgan fingerprint density at radius 1 is 1.14 bits per heavy atom. The van der Waals surface area contributed by atoms with Gasteiger partial charge in [-0.2, -0.15) is 0 Å². The lowest BCUT2D eigenvalue weighted by Gasteiger charge is -2.04. The summed E-state index contributed by atoms with van der Waals surface area (Å²) in [5.41, 5.74) is 1.69. The van der Waals surface area contributed by atoms with Crippen molar-refractivity contribution in [1.29, 1.82) is 0 Å². The van der Waals surface area contributed by atoms with Crippen LogP contribution in [-0.2, 0) is 11.3 Å². The molecule has 0 aliphatic heterocycles. The highest BCUT2D eigenvalue weighted by Crippen LogP contribution is 2.19. The number of carbonyl (C=O) groups excluding carboxylic acids is 1. The second-order valence-electron chi connectivity index (χ2n) is 4.83. The Morgan fingerprint density at radius 3 is 2.73 bits per heavy atom. The fraction of sp³-hybridized carbons (Fsp3) is 0.0556. The summed E-state index contributed by atoms with van der Waals surface area (Å²) in [7, 11) is 0. The van der Waals surface area contributed by atoms with Gasteiger partial charge < -0.3 is 9.73 Å². The number of amides is 1. The summed E-state index contributed by atoms with van der Waals surface area (Å²) in [4.78, 5) is 11.8. The van der Waals surface area contributed by atoms with Gasteiger partial charge in [0.1, 0.15) is 11.3 Å². The standard InChI is InChI=1S/C18H14ClNO2/c19-16-7-3-1-6-14(16)12-20-18(21)10-9-15-11-13-5-2-4-8-17(13)22-15/h1-11H,12H2,(H,20,21)/b10-9+. The maximum Gasteiger partial charge on any atom is 0.244 e. The Morgan fingerprint density at radius 2 is 1.91 bits per heavy atom. The van der Waals surface area contributed by atoms with Gasteiger partial charge in [0.25, 0.3) is 0 Å². The molecule has 0 spiro atoms. The molecule has 1 aromatic heterocycles. The highest BCUT2D eigenvalue weighted by Gasteiger charge is 2.02. The Hall–Kier alpha value is -2.52. The molecule has 1 heterocycles. The van der Waals surface area contributed by atoms with E-state index in [0.717, 1.165) is 16.5 Å². The number of para-hydroxylation sites is 1. The lowest BCUT2D eigenvalue weighted by molar-refractivity contribution is -0.116. The van der Waals surface area contributed by atoms with Crippen LogP contribution in [0.25, 0.3) is 17.0 Å². The molecular formula is C18H14ClNO2. The molecule has 2 aromatic carbocycles. The first-order valence-electron chi connectivity index (χ1n) is 6.90. The molecule has 3 rings (SSSR count). The van der Waals surface area contributed by atoms with Crippen LogP contribution >= 0.6 is 11.6 Å². The van der Waals surface area contributed by atoms with E-state index < -0.39 is 0 Å². The van der Waals surface area contributed by atoms with Crippen LogP contribution in [0, 0.1) is 0 Å². The smallest absolute Gasteiger partial charge is 0.244 e. The van der Waals surface area contributed by atoms with Crippen LogP contribution in [-0.4, -0.2) is 5.91 Å². The van der Waals surface area contributed by atoms with Gasteiger partial charge in [-0.3, -0.25) is 4.79 Å². The van der Waals surface area contributed by atoms with Crippen LogP contribution in [0.2, 0.25) is 5.02 Å². The molecule has 0 saturated carbocycles. The van der Waals surface area contributed by atoms with Crippen molar-refractivity contribution in [3.63, 3.8) is 0 Å². The molecule has 3 aromatic rings. The predicted octanol–water partition coefficient (Wildman–Crippen LogP) is 4.42. The molecule has 0 radical (unpaired) electrons. The van der Waals surface area contributed by atoms with Gasteiger partial charge in [-0.25, -0.2) is 0 Å². The zero-order valence-corrected chi connectivity index (χ0v) is 12.5. The third-order valence-electron chi connectivity index (χ3n) is 3.25. The maximum atomic E-state index is 11.8. The normalized spacial score (nSPS) is 11.1. The fourth-order valence-corrected chi connectivity index (χ4v) is 2.33. The molecule has 0 fully saturated rings. The van der Waals surface area contributed by atoms with E-state index in [-0.39, 0.29) is 5.91 Å². The highest BCUT2D eigenvalue weighted by molar-refractivity contribution is 6.31. The first-order chi connectivity index (χ1) is 10.7. The van der Waals surface area contributed by atoms with Crippen molar-refractivity contribution in [2.24, 2.45) is 0 Å². The quantitative estimate of drug-likeness (QED) is 0.725. The molecule has 4 heteroatoms. The van der Waals surface area contributed by atoms with Gasteiger partial charge >= 0.3 is 0 Å². The second-order valence-corrected chi connectivity index (χ2v) is 5.24. The Bertz CT molecular complexity index is 803. The van der Waals surface area contributed by atoms with Gasteiger partial charge in [-0.1, -0.05) is 48.0 Å². The fourth-order valence-electron chi connectivity index (χ4n) is 2.13. The lowest BCUT2D eigenvalue weighted by Crippen LogP contribution is -2.20. The minimum absolute atomic E-state index is 0.194. The molecule has 0 saturated heterocycles. The number of hydrogen-bond donors (Lipinski definition) is 1. The van der Waals surface area contributed by atoms with Gasteiger partial charge in [-0.05, 0) is 29.8 Å². The van der Waals surface area contributed by atoms with E-state index in [1.807, 2.05) is 48.5 Å². The van der Waals surface area contributed by atoms with E-state index in [1.54, 1.807) is 12.1 Å². The molecule has 1 amide bonds. The minimum Gasteiger partial charge on any atom is -0.457 e. The Balaban J connectivity index is 1.62. The number of benzene rings is 2. The number of halogens is 1. The molecular weight excluding hydrogens is 298 g/mol. The summed E-state index contributed by atoms with van der Waals surface area (Å²) in [5.74, 6) is 0.453. The molecule has 3 nitrogen and oxygen atoms in total. The molecule has 0 aliphatic carbocycles. The van der Waals surface area contributed by atoms with Crippen LogP contribution in [0.5, 0.6) is 0 Å². The molecule has 1 N–H and O–H groups in total. The van der Waals surface area contributed by atoms with Crippen molar-refractivity contribution in [3.05, 3.63) is 77.0 Å². The molecule has 0 bridgehead atoms. The van der Waals surface area contributed by atoms with E-state index in [1.165, 1.54) is 6.08 Å². The van der Waals surface area contributed by atoms with E-state index in [0.29, 0.717) is 17.3 Å². The molecule has 0 atom stereocenters. The van der Waals surface area contributed by atoms with Crippen LogP contribution < -0.4 is 5.32 Å². The van der Waals surface area contributed by atoms with Crippen molar-refractivity contribution < 1.29 is 9.21 Å². The molecule has 110 valence electrons. The van der Waals surface area contributed by atoms with Crippen LogP contribution in [0.1, 0.15) is 11.3 Å². The zero-order chi connectivity index (χ0) is 15.4. The van der Waals surface area contributed by atoms with Crippen LogP contribution in [0.15, 0.2) is 65.1 Å². The van der Waals surface area contributed by atoms with Crippen molar-refractivity contribution in [2.45, 2.75) is 6.54 Å². The number of carbonyl (C=O) groups is 1. The first-order valence-corrected chi connectivity index (χ1v) is 7.28. The van der Waals surface area contributed by atoms with Crippen molar-refractivity contribution in [2.75, 3.05) is 0 Å². The number of hydrogen-bond acceptors (Lipinski definition) is 2. The molecule has 0 aliphatic rings. The minimum atomic E-state index is -0.194. The lowest BCUT2D eigenvalue weighted by atomic mass is 10.2. The number of furan rings is 1. The summed E-state index contributed by atoms with van der Waals surface area (Å²) < 4.78 is 5.61. The van der Waals surface area contributed by atoms with E-state index in [4.69, 9.17) is 16.0 Å². The molecule has 22 heavy (non-hydrogen) atoms. The summed E-state index contributed by atoms with van der Waals surface area (Å²) in [6, 6.07) is 17.0. The Labute approximate surface area is 133 Å². The van der Waals surface area contributed by atoms with E-state index in [2.05, 4.69) is 5.32 Å².